The first-order valence-electron chi connectivity index (χ1n) is 6.36. The summed E-state index contributed by atoms with van der Waals surface area (Å²) in [7, 11) is 0. The van der Waals surface area contributed by atoms with E-state index in [-0.39, 0.29) is 6.10 Å². The second-order valence-corrected chi connectivity index (χ2v) is 4.21. The number of nitrogens with one attached hydrogen (secondary N) is 1. The number of rotatable bonds is 5. The van der Waals surface area contributed by atoms with Crippen LogP contribution in [0.4, 0.5) is 0 Å². The molecule has 0 fully saturated rings. The molecule has 2 rings (SSSR count). The lowest BCUT2D eigenvalue weighted by atomic mass is 10.1. The van der Waals surface area contributed by atoms with Gasteiger partial charge in [0.1, 0.15) is 11.9 Å². The molecular weight excluding hydrogens is 212 g/mol. The Bertz CT molecular complexity index is 362. The predicted molar refractivity (Wildman–Crippen MR) is 70.3 cm³/mol. The van der Waals surface area contributed by atoms with Crippen molar-refractivity contribution in [3.05, 3.63) is 35.9 Å². The summed E-state index contributed by atoms with van der Waals surface area (Å²) in [5, 5.41) is 3.35. The van der Waals surface area contributed by atoms with E-state index in [9.17, 15) is 0 Å². The largest absolute Gasteiger partial charge is 0.371 e. The number of ether oxygens (including phenoxy) is 1. The lowest BCUT2D eigenvalue weighted by molar-refractivity contribution is 0.0956. The molecule has 1 aliphatic heterocycles. The highest BCUT2D eigenvalue weighted by Gasteiger charge is 2.19. The Labute approximate surface area is 103 Å². The molecule has 0 saturated heterocycles. The van der Waals surface area contributed by atoms with Crippen LogP contribution in [-0.2, 0) is 4.74 Å². The van der Waals surface area contributed by atoms with Crippen molar-refractivity contribution >= 4 is 5.84 Å². The molecule has 0 radical (unpaired) electrons. The Balaban J connectivity index is 2.15. The average Bonchev–Trinajstić information content (AvgIpc) is 2.42. The lowest BCUT2D eigenvalue weighted by Crippen LogP contribution is -2.35. The van der Waals surface area contributed by atoms with Crippen molar-refractivity contribution in [2.24, 2.45) is 4.99 Å². The number of hydrogen-bond acceptors (Lipinski definition) is 3. The molecule has 1 aromatic rings. The Hall–Kier alpha value is -1.35. The molecule has 1 aliphatic rings. The maximum Gasteiger partial charge on any atom is 0.139 e. The fraction of sp³-hybridized carbons (Fsp3) is 0.500. The van der Waals surface area contributed by atoms with Crippen LogP contribution in [0.5, 0.6) is 0 Å². The predicted octanol–water partition coefficient (Wildman–Crippen LogP) is 2.55. The minimum absolute atomic E-state index is 0.0311. The van der Waals surface area contributed by atoms with Gasteiger partial charge in [-0.1, -0.05) is 37.3 Å². The molecule has 1 unspecified atom stereocenters. The molecule has 0 aromatic heterocycles. The van der Waals surface area contributed by atoms with Crippen molar-refractivity contribution in [2.75, 3.05) is 19.7 Å². The Kier molecular flexibility index (Phi) is 4.56. The second-order valence-electron chi connectivity index (χ2n) is 4.21. The van der Waals surface area contributed by atoms with Gasteiger partial charge in [-0.25, -0.2) is 0 Å². The number of aliphatic imine (C=N–C) groups is 1. The molecule has 0 aliphatic carbocycles. The molecule has 3 heteroatoms. The molecular formula is C14H20N2O. The number of benzene rings is 1. The Morgan fingerprint density at radius 2 is 2.18 bits per heavy atom. The molecule has 0 amide bonds. The summed E-state index contributed by atoms with van der Waals surface area (Å²) in [6.45, 7) is 4.79. The standard InChI is InChI=1S/C14H20N2O/c1-2-11-17-13(12-7-4-3-5-8-12)14-15-9-6-10-16-14/h3-5,7-8,13H,2,6,9-11H2,1H3,(H,15,16). The highest BCUT2D eigenvalue weighted by Crippen LogP contribution is 2.19. The first-order valence-corrected chi connectivity index (χ1v) is 6.36. The van der Waals surface area contributed by atoms with E-state index in [1.165, 1.54) is 5.56 Å². The van der Waals surface area contributed by atoms with Crippen molar-refractivity contribution in [1.82, 2.24) is 5.32 Å². The Morgan fingerprint density at radius 3 is 2.82 bits per heavy atom. The summed E-state index contributed by atoms with van der Waals surface area (Å²) in [4.78, 5) is 4.54. The van der Waals surface area contributed by atoms with E-state index in [1.807, 2.05) is 18.2 Å². The highest BCUT2D eigenvalue weighted by molar-refractivity contribution is 5.88. The first-order chi connectivity index (χ1) is 8.42. The molecule has 0 bridgehead atoms. The molecule has 0 spiro atoms. The summed E-state index contributed by atoms with van der Waals surface area (Å²) in [6.07, 6.45) is 2.10. The fourth-order valence-corrected chi connectivity index (χ4v) is 1.92. The summed E-state index contributed by atoms with van der Waals surface area (Å²) in [5.41, 5.74) is 1.18. The monoisotopic (exact) mass is 232 g/mol. The zero-order chi connectivity index (χ0) is 11.9. The normalized spacial score (nSPS) is 17.1. The third-order valence-electron chi connectivity index (χ3n) is 2.76. The van der Waals surface area contributed by atoms with Crippen molar-refractivity contribution < 1.29 is 4.74 Å². The van der Waals surface area contributed by atoms with Gasteiger partial charge in [-0.2, -0.15) is 0 Å². The SMILES string of the molecule is CCCOC(C1=NCCCN1)c1ccccc1. The van der Waals surface area contributed by atoms with Gasteiger partial charge in [0, 0.05) is 19.7 Å². The third kappa shape index (κ3) is 3.30. The molecule has 1 heterocycles. The number of nitrogens with zero attached hydrogens (tertiary/aromatic N) is 1. The van der Waals surface area contributed by atoms with Crippen LogP contribution in [0.25, 0.3) is 0 Å². The van der Waals surface area contributed by atoms with Crippen molar-refractivity contribution in [2.45, 2.75) is 25.9 Å². The van der Waals surface area contributed by atoms with Gasteiger partial charge in [0.05, 0.1) is 0 Å². The topological polar surface area (TPSA) is 33.6 Å². The van der Waals surface area contributed by atoms with E-state index in [0.717, 1.165) is 38.4 Å². The smallest absolute Gasteiger partial charge is 0.139 e. The van der Waals surface area contributed by atoms with Crippen LogP contribution < -0.4 is 5.32 Å². The lowest BCUT2D eigenvalue weighted by Gasteiger charge is -2.24. The van der Waals surface area contributed by atoms with Crippen LogP contribution in [0.15, 0.2) is 35.3 Å². The van der Waals surface area contributed by atoms with Gasteiger partial charge in [0.25, 0.3) is 0 Å². The van der Waals surface area contributed by atoms with E-state index in [1.54, 1.807) is 0 Å². The summed E-state index contributed by atoms with van der Waals surface area (Å²) in [6, 6.07) is 10.3. The number of hydrogen-bond donors (Lipinski definition) is 1. The van der Waals surface area contributed by atoms with Crippen LogP contribution in [0.2, 0.25) is 0 Å². The van der Waals surface area contributed by atoms with Gasteiger partial charge in [-0.3, -0.25) is 4.99 Å². The molecule has 1 N–H and O–H groups in total. The minimum atomic E-state index is -0.0311. The van der Waals surface area contributed by atoms with Gasteiger partial charge in [0.2, 0.25) is 0 Å². The maximum atomic E-state index is 5.92. The Morgan fingerprint density at radius 1 is 1.35 bits per heavy atom. The third-order valence-corrected chi connectivity index (χ3v) is 2.76. The molecule has 92 valence electrons. The quantitative estimate of drug-likeness (QED) is 0.846. The van der Waals surface area contributed by atoms with E-state index < -0.39 is 0 Å². The van der Waals surface area contributed by atoms with Crippen LogP contribution in [-0.4, -0.2) is 25.5 Å². The van der Waals surface area contributed by atoms with E-state index in [2.05, 4.69) is 29.4 Å². The molecule has 3 nitrogen and oxygen atoms in total. The van der Waals surface area contributed by atoms with Gasteiger partial charge < -0.3 is 10.1 Å². The maximum absolute atomic E-state index is 5.92. The summed E-state index contributed by atoms with van der Waals surface area (Å²) < 4.78 is 5.92. The molecule has 17 heavy (non-hydrogen) atoms. The second kappa shape index (κ2) is 6.40. The zero-order valence-electron chi connectivity index (χ0n) is 10.4. The fourth-order valence-electron chi connectivity index (χ4n) is 1.92. The summed E-state index contributed by atoms with van der Waals surface area (Å²) in [5.74, 6) is 0.982. The summed E-state index contributed by atoms with van der Waals surface area (Å²) >= 11 is 0. The van der Waals surface area contributed by atoms with Gasteiger partial charge in [0.15, 0.2) is 0 Å². The van der Waals surface area contributed by atoms with Crippen LogP contribution >= 0.6 is 0 Å². The zero-order valence-corrected chi connectivity index (χ0v) is 10.4. The average molecular weight is 232 g/mol. The molecule has 0 saturated carbocycles. The van der Waals surface area contributed by atoms with E-state index in [4.69, 9.17) is 4.74 Å². The van der Waals surface area contributed by atoms with Gasteiger partial charge in [-0.05, 0) is 18.4 Å². The van der Waals surface area contributed by atoms with Crippen molar-refractivity contribution in [3.63, 3.8) is 0 Å². The first kappa shape index (κ1) is 12.1. The highest BCUT2D eigenvalue weighted by atomic mass is 16.5. The minimum Gasteiger partial charge on any atom is -0.371 e. The van der Waals surface area contributed by atoms with Crippen molar-refractivity contribution in [3.8, 4) is 0 Å². The van der Waals surface area contributed by atoms with Crippen LogP contribution in [0, 0.1) is 0 Å². The van der Waals surface area contributed by atoms with Crippen molar-refractivity contribution in [1.29, 1.82) is 0 Å². The van der Waals surface area contributed by atoms with E-state index >= 15 is 0 Å². The number of amidine groups is 1. The van der Waals surface area contributed by atoms with Gasteiger partial charge >= 0.3 is 0 Å². The van der Waals surface area contributed by atoms with Gasteiger partial charge in [-0.15, -0.1) is 0 Å². The van der Waals surface area contributed by atoms with Crippen LogP contribution in [0.1, 0.15) is 31.4 Å². The van der Waals surface area contributed by atoms with E-state index in [0.29, 0.717) is 0 Å². The van der Waals surface area contributed by atoms with Crippen LogP contribution in [0.3, 0.4) is 0 Å². The molecule has 1 aromatic carbocycles. The molecule has 1 atom stereocenters.